The number of hydrogen-bond acceptors (Lipinski definition) is 4. The van der Waals surface area contributed by atoms with Gasteiger partial charge < -0.3 is 19.5 Å². The van der Waals surface area contributed by atoms with E-state index >= 15 is 0 Å². The predicted octanol–water partition coefficient (Wildman–Crippen LogP) is 4.33. The van der Waals surface area contributed by atoms with E-state index in [1.807, 2.05) is 56.3 Å². The minimum atomic E-state index is -0.596. The van der Waals surface area contributed by atoms with Crippen LogP contribution in [0.25, 0.3) is 0 Å². The van der Waals surface area contributed by atoms with Crippen molar-refractivity contribution in [3.63, 3.8) is 0 Å². The van der Waals surface area contributed by atoms with Gasteiger partial charge in [-0.3, -0.25) is 4.79 Å². The molecule has 0 unspecified atom stereocenters. The molecule has 0 saturated carbocycles. The third-order valence-electron chi connectivity index (χ3n) is 3.55. The molecule has 0 radical (unpaired) electrons. The molecule has 26 heavy (non-hydrogen) atoms. The van der Waals surface area contributed by atoms with E-state index < -0.39 is 6.10 Å². The molecule has 1 N–H and O–H groups in total. The van der Waals surface area contributed by atoms with Gasteiger partial charge in [-0.25, -0.2) is 0 Å². The molecule has 6 heteroatoms. The molecule has 0 aliphatic rings. The molecule has 0 saturated heterocycles. The molecule has 2 aromatic carbocycles. The van der Waals surface area contributed by atoms with E-state index in [1.54, 1.807) is 14.0 Å². The summed E-state index contributed by atoms with van der Waals surface area (Å²) in [7, 11) is 1.60. The molecule has 1 amide bonds. The first-order valence-corrected chi connectivity index (χ1v) is 9.22. The van der Waals surface area contributed by atoms with Gasteiger partial charge in [0.25, 0.3) is 5.91 Å². The highest BCUT2D eigenvalue weighted by molar-refractivity contribution is 9.10. The third-order valence-corrected chi connectivity index (χ3v) is 4.08. The Morgan fingerprint density at radius 2 is 1.73 bits per heavy atom. The van der Waals surface area contributed by atoms with Crippen molar-refractivity contribution in [3.05, 3.63) is 52.5 Å². The number of hydrogen-bond donors (Lipinski definition) is 1. The van der Waals surface area contributed by atoms with Crippen LogP contribution in [0.2, 0.25) is 0 Å². The molecule has 0 bridgehead atoms. The standard InChI is InChI=1S/C20H24BrNO4/c1-13(2)25-18-10-5-15(11-19(18)24-4)12-22-20(23)14(3)26-17-8-6-16(21)7-9-17/h5-11,13-14H,12H2,1-4H3,(H,22,23)/t14-/m1/s1. The van der Waals surface area contributed by atoms with Crippen molar-refractivity contribution >= 4 is 21.8 Å². The third kappa shape index (κ3) is 5.95. The summed E-state index contributed by atoms with van der Waals surface area (Å²) in [5, 5.41) is 2.87. The first kappa shape index (κ1) is 20.1. The van der Waals surface area contributed by atoms with E-state index in [0.29, 0.717) is 23.8 Å². The average Bonchev–Trinajstić information content (AvgIpc) is 2.62. The van der Waals surface area contributed by atoms with Crippen molar-refractivity contribution in [2.75, 3.05) is 7.11 Å². The average molecular weight is 422 g/mol. The zero-order valence-corrected chi connectivity index (χ0v) is 17.0. The van der Waals surface area contributed by atoms with Crippen molar-refractivity contribution in [3.8, 4) is 17.2 Å². The highest BCUT2D eigenvalue weighted by Crippen LogP contribution is 2.29. The fourth-order valence-corrected chi connectivity index (χ4v) is 2.54. The maximum atomic E-state index is 12.3. The summed E-state index contributed by atoms with van der Waals surface area (Å²) < 4.78 is 17.7. The molecule has 2 rings (SSSR count). The smallest absolute Gasteiger partial charge is 0.261 e. The molecule has 5 nitrogen and oxygen atoms in total. The van der Waals surface area contributed by atoms with E-state index in [4.69, 9.17) is 14.2 Å². The molecular weight excluding hydrogens is 398 g/mol. The van der Waals surface area contributed by atoms with Crippen LogP contribution in [0.4, 0.5) is 0 Å². The number of carbonyl (C=O) groups is 1. The van der Waals surface area contributed by atoms with Gasteiger partial charge in [0, 0.05) is 11.0 Å². The SMILES string of the molecule is COc1cc(CNC(=O)[C@@H](C)Oc2ccc(Br)cc2)ccc1OC(C)C. The van der Waals surface area contributed by atoms with Gasteiger partial charge >= 0.3 is 0 Å². The largest absolute Gasteiger partial charge is 0.493 e. The van der Waals surface area contributed by atoms with Crippen LogP contribution in [-0.2, 0) is 11.3 Å². The molecule has 0 fully saturated rings. The summed E-state index contributed by atoms with van der Waals surface area (Å²) in [6, 6.07) is 13.0. The zero-order valence-electron chi connectivity index (χ0n) is 15.4. The quantitative estimate of drug-likeness (QED) is 0.688. The Kier molecular flexibility index (Phi) is 7.33. The minimum absolute atomic E-state index is 0.0612. The van der Waals surface area contributed by atoms with Gasteiger partial charge in [0.1, 0.15) is 5.75 Å². The van der Waals surface area contributed by atoms with Crippen molar-refractivity contribution in [1.82, 2.24) is 5.32 Å². The number of carbonyl (C=O) groups excluding carboxylic acids is 1. The van der Waals surface area contributed by atoms with Crippen LogP contribution in [0.3, 0.4) is 0 Å². The minimum Gasteiger partial charge on any atom is -0.493 e. The molecule has 0 aliphatic heterocycles. The van der Waals surface area contributed by atoms with Crippen LogP contribution in [0.5, 0.6) is 17.2 Å². The lowest BCUT2D eigenvalue weighted by Gasteiger charge is -2.16. The second-order valence-corrected chi connectivity index (χ2v) is 7.00. The fraction of sp³-hybridized carbons (Fsp3) is 0.350. The van der Waals surface area contributed by atoms with Crippen molar-refractivity contribution < 1.29 is 19.0 Å². The predicted molar refractivity (Wildman–Crippen MR) is 105 cm³/mol. The number of nitrogens with one attached hydrogen (secondary N) is 1. The second-order valence-electron chi connectivity index (χ2n) is 6.08. The fourth-order valence-electron chi connectivity index (χ4n) is 2.28. The normalized spacial score (nSPS) is 11.8. The van der Waals surface area contributed by atoms with Crippen LogP contribution in [0.1, 0.15) is 26.3 Å². The summed E-state index contributed by atoms with van der Waals surface area (Å²) in [4.78, 5) is 12.3. The van der Waals surface area contributed by atoms with Gasteiger partial charge in [-0.2, -0.15) is 0 Å². The Morgan fingerprint density at radius 1 is 1.04 bits per heavy atom. The van der Waals surface area contributed by atoms with Gasteiger partial charge in [-0.1, -0.05) is 22.0 Å². The van der Waals surface area contributed by atoms with Gasteiger partial charge in [0.15, 0.2) is 17.6 Å². The number of benzene rings is 2. The van der Waals surface area contributed by atoms with E-state index in [2.05, 4.69) is 21.2 Å². The first-order valence-electron chi connectivity index (χ1n) is 8.42. The van der Waals surface area contributed by atoms with Crippen molar-refractivity contribution in [1.29, 1.82) is 0 Å². The van der Waals surface area contributed by atoms with E-state index in [0.717, 1.165) is 10.0 Å². The van der Waals surface area contributed by atoms with Crippen molar-refractivity contribution in [2.24, 2.45) is 0 Å². The van der Waals surface area contributed by atoms with Crippen LogP contribution >= 0.6 is 15.9 Å². The molecule has 0 spiro atoms. The van der Waals surface area contributed by atoms with Crippen molar-refractivity contribution in [2.45, 2.75) is 39.5 Å². The lowest BCUT2D eigenvalue weighted by atomic mass is 10.2. The molecule has 2 aromatic rings. The van der Waals surface area contributed by atoms with Gasteiger partial charge in [0.2, 0.25) is 0 Å². The Bertz CT molecular complexity index is 731. The Hall–Kier alpha value is -2.21. The lowest BCUT2D eigenvalue weighted by molar-refractivity contribution is -0.127. The number of ether oxygens (including phenoxy) is 3. The monoisotopic (exact) mass is 421 g/mol. The summed E-state index contributed by atoms with van der Waals surface area (Å²) in [6.07, 6.45) is -0.535. The maximum Gasteiger partial charge on any atom is 0.261 e. The van der Waals surface area contributed by atoms with E-state index in [-0.39, 0.29) is 12.0 Å². The molecule has 1 atom stereocenters. The topological polar surface area (TPSA) is 56.8 Å². The lowest BCUT2D eigenvalue weighted by Crippen LogP contribution is -2.35. The van der Waals surface area contributed by atoms with Crippen LogP contribution in [0.15, 0.2) is 46.9 Å². The number of halogens is 1. The van der Waals surface area contributed by atoms with E-state index in [1.165, 1.54) is 0 Å². The van der Waals surface area contributed by atoms with Gasteiger partial charge in [0.05, 0.1) is 13.2 Å². The van der Waals surface area contributed by atoms with Gasteiger partial charge in [-0.15, -0.1) is 0 Å². The zero-order chi connectivity index (χ0) is 19.1. The molecule has 0 heterocycles. The highest BCUT2D eigenvalue weighted by Gasteiger charge is 2.15. The van der Waals surface area contributed by atoms with Crippen LogP contribution in [0, 0.1) is 0 Å². The van der Waals surface area contributed by atoms with Gasteiger partial charge in [-0.05, 0) is 62.7 Å². The molecule has 0 aromatic heterocycles. The number of methoxy groups -OCH3 is 1. The second kappa shape index (κ2) is 9.48. The highest BCUT2D eigenvalue weighted by atomic mass is 79.9. The number of amides is 1. The summed E-state index contributed by atoms with van der Waals surface area (Å²) in [5.41, 5.74) is 0.919. The Morgan fingerprint density at radius 3 is 2.35 bits per heavy atom. The first-order chi connectivity index (χ1) is 12.4. The Labute approximate surface area is 162 Å². The summed E-state index contributed by atoms with van der Waals surface area (Å²) >= 11 is 3.37. The molecule has 0 aliphatic carbocycles. The van der Waals surface area contributed by atoms with Crippen LogP contribution < -0.4 is 19.5 Å². The van der Waals surface area contributed by atoms with Crippen LogP contribution in [-0.4, -0.2) is 25.2 Å². The molecular formula is C20H24BrNO4. The molecule has 140 valence electrons. The Balaban J connectivity index is 1.92. The summed E-state index contributed by atoms with van der Waals surface area (Å²) in [6.45, 7) is 6.02. The van der Waals surface area contributed by atoms with E-state index in [9.17, 15) is 4.79 Å². The summed E-state index contributed by atoms with van der Waals surface area (Å²) in [5.74, 6) is 1.79. The number of rotatable bonds is 8. The maximum absolute atomic E-state index is 12.3.